The predicted molar refractivity (Wildman–Crippen MR) is 56.8 cm³/mol. The number of cyclic esters (lactones) is 1. The molecule has 122 valence electrons. The Morgan fingerprint density at radius 2 is 1.76 bits per heavy atom. The molecular formula is C6H8O13S2. The third-order valence-corrected chi connectivity index (χ3v) is 2.94. The summed E-state index contributed by atoms with van der Waals surface area (Å²) in [4.78, 5) is 10.9. The molecule has 0 aromatic carbocycles. The number of aliphatic hydroxyl groups excluding tert-OH is 3. The van der Waals surface area contributed by atoms with Gasteiger partial charge in [0.15, 0.2) is 11.9 Å². The second-order valence-electron chi connectivity index (χ2n) is 3.35. The lowest BCUT2D eigenvalue weighted by atomic mass is 10.2. The Hall–Kier alpha value is -1.49. The van der Waals surface area contributed by atoms with E-state index < -0.39 is 57.1 Å². The third kappa shape index (κ3) is 4.77. The average molecular weight is 352 g/mol. The van der Waals surface area contributed by atoms with E-state index in [2.05, 4.69) is 17.6 Å². The van der Waals surface area contributed by atoms with Gasteiger partial charge in [0.05, 0.1) is 6.61 Å². The molecule has 21 heavy (non-hydrogen) atoms. The minimum absolute atomic E-state index is 1.12. The quantitative estimate of drug-likeness (QED) is 0.164. The maximum atomic E-state index is 11.1. The van der Waals surface area contributed by atoms with Crippen LogP contribution < -0.4 is 0 Å². The van der Waals surface area contributed by atoms with E-state index in [0.29, 0.717) is 0 Å². The van der Waals surface area contributed by atoms with Gasteiger partial charge in [-0.2, -0.15) is 16.8 Å². The first-order valence-corrected chi connectivity index (χ1v) is 7.39. The number of hydrogen-bond acceptors (Lipinski definition) is 12. The van der Waals surface area contributed by atoms with E-state index in [-0.39, 0.29) is 0 Å². The maximum Gasteiger partial charge on any atom is 0.428 e. The molecule has 4 N–H and O–H groups in total. The highest BCUT2D eigenvalue weighted by atomic mass is 32.3. The Morgan fingerprint density at radius 3 is 2.14 bits per heavy atom. The molecular weight excluding hydrogens is 344 g/mol. The number of hydrogen-bond donors (Lipinski definition) is 4. The van der Waals surface area contributed by atoms with Gasteiger partial charge < -0.3 is 20.1 Å². The summed E-state index contributed by atoms with van der Waals surface area (Å²) in [5.41, 5.74) is 0. The molecule has 1 heterocycles. The maximum absolute atomic E-state index is 11.1. The monoisotopic (exact) mass is 352 g/mol. The first kappa shape index (κ1) is 17.6. The normalized spacial score (nSPS) is 21.4. The molecule has 0 amide bonds. The number of aliphatic hydroxyl groups is 3. The van der Waals surface area contributed by atoms with Crippen LogP contribution in [0.5, 0.6) is 0 Å². The van der Waals surface area contributed by atoms with Gasteiger partial charge in [0, 0.05) is 0 Å². The van der Waals surface area contributed by atoms with Crippen molar-refractivity contribution in [2.24, 2.45) is 0 Å². The summed E-state index contributed by atoms with van der Waals surface area (Å²) in [5.74, 6) is -3.76. The van der Waals surface area contributed by atoms with Crippen molar-refractivity contribution in [1.29, 1.82) is 0 Å². The summed E-state index contributed by atoms with van der Waals surface area (Å²) < 4.78 is 65.3. The van der Waals surface area contributed by atoms with E-state index in [0.717, 1.165) is 0 Å². The van der Waals surface area contributed by atoms with Crippen LogP contribution in [0.2, 0.25) is 0 Å². The molecule has 0 saturated carbocycles. The van der Waals surface area contributed by atoms with Gasteiger partial charge in [0.25, 0.3) is 0 Å². The number of rotatable bonds is 7. The van der Waals surface area contributed by atoms with Gasteiger partial charge in [-0.15, -0.1) is 0 Å². The number of ether oxygens (including phenoxy) is 1. The van der Waals surface area contributed by atoms with Crippen LogP contribution in [-0.4, -0.2) is 61.5 Å². The SMILES string of the molecule is O=C1O[C@H]([C@H](CO)OS(=O)(=O)OOS(=O)(=O)O)C(O)=C1O. The Morgan fingerprint density at radius 1 is 1.19 bits per heavy atom. The Labute approximate surface area is 117 Å². The van der Waals surface area contributed by atoms with E-state index in [1.165, 1.54) is 0 Å². The smallest absolute Gasteiger partial charge is 0.428 e. The fraction of sp³-hybridized carbons (Fsp3) is 0.500. The highest BCUT2D eigenvalue weighted by Crippen LogP contribution is 2.24. The molecule has 0 saturated heterocycles. The van der Waals surface area contributed by atoms with Gasteiger partial charge in [-0.25, -0.2) is 8.98 Å². The predicted octanol–water partition coefficient (Wildman–Crippen LogP) is -2.39. The molecule has 0 aromatic heterocycles. The standard InChI is InChI=1S/C6H8O13S2/c7-1-2(5-3(8)4(9)6(10)16-5)17-21(14,15)19-18-20(11,12)13/h2,5,7-9H,1H2,(H,11,12,13)/t2-,5+/m0/s1. The molecule has 1 aliphatic heterocycles. The zero-order valence-electron chi connectivity index (χ0n) is 9.64. The lowest BCUT2D eigenvalue weighted by Gasteiger charge is -2.19. The zero-order valence-corrected chi connectivity index (χ0v) is 11.3. The van der Waals surface area contributed by atoms with E-state index in [1.54, 1.807) is 0 Å². The summed E-state index contributed by atoms with van der Waals surface area (Å²) in [6.07, 6.45) is -3.89. The summed E-state index contributed by atoms with van der Waals surface area (Å²) in [6, 6.07) is 0. The molecule has 0 unspecified atom stereocenters. The topological polar surface area (TPSA) is 203 Å². The van der Waals surface area contributed by atoms with Crippen LogP contribution in [0.25, 0.3) is 0 Å². The van der Waals surface area contributed by atoms with Crippen molar-refractivity contribution in [3.63, 3.8) is 0 Å². The van der Waals surface area contributed by atoms with Gasteiger partial charge in [-0.05, 0) is 0 Å². The minimum Gasteiger partial charge on any atom is -0.505 e. The molecule has 13 nitrogen and oxygen atoms in total. The zero-order chi connectivity index (χ0) is 16.4. The summed E-state index contributed by atoms with van der Waals surface area (Å²) >= 11 is 0. The summed E-state index contributed by atoms with van der Waals surface area (Å²) in [5, 5.41) is 27.2. The van der Waals surface area contributed by atoms with Crippen molar-refractivity contribution < 1.29 is 59.1 Å². The molecule has 0 bridgehead atoms. The van der Waals surface area contributed by atoms with Crippen LogP contribution in [0, 0.1) is 0 Å². The van der Waals surface area contributed by atoms with Crippen LogP contribution in [0.3, 0.4) is 0 Å². The second kappa shape index (κ2) is 6.10. The van der Waals surface area contributed by atoms with E-state index in [4.69, 9.17) is 14.8 Å². The fourth-order valence-electron chi connectivity index (χ4n) is 1.13. The van der Waals surface area contributed by atoms with Crippen molar-refractivity contribution in [3.8, 4) is 0 Å². The lowest BCUT2D eigenvalue weighted by molar-refractivity contribution is -0.149. The second-order valence-corrected chi connectivity index (χ2v) is 5.49. The Balaban J connectivity index is 2.82. The molecule has 1 aliphatic rings. The van der Waals surface area contributed by atoms with Crippen molar-refractivity contribution >= 4 is 26.8 Å². The highest BCUT2D eigenvalue weighted by molar-refractivity contribution is 7.83. The molecule has 0 aromatic rings. The largest absolute Gasteiger partial charge is 0.505 e. The molecule has 0 aliphatic carbocycles. The van der Waals surface area contributed by atoms with Crippen LogP contribution in [0.1, 0.15) is 0 Å². The minimum atomic E-state index is -5.28. The molecule has 0 spiro atoms. The van der Waals surface area contributed by atoms with Gasteiger partial charge in [-0.3, -0.25) is 4.55 Å². The van der Waals surface area contributed by atoms with Crippen LogP contribution >= 0.6 is 0 Å². The highest BCUT2D eigenvalue weighted by Gasteiger charge is 2.42. The van der Waals surface area contributed by atoms with Crippen molar-refractivity contribution in [3.05, 3.63) is 11.5 Å². The van der Waals surface area contributed by atoms with E-state index in [9.17, 15) is 26.7 Å². The Kier molecular flexibility index (Phi) is 5.10. The van der Waals surface area contributed by atoms with Crippen LogP contribution in [0.15, 0.2) is 11.5 Å². The first-order valence-electron chi connectivity index (χ1n) is 4.69. The number of carbonyl (C=O) groups is 1. The van der Waals surface area contributed by atoms with Crippen LogP contribution in [0.4, 0.5) is 0 Å². The number of carbonyl (C=O) groups excluding carboxylic acids is 1. The molecule has 1 rings (SSSR count). The molecule has 0 radical (unpaired) electrons. The van der Waals surface area contributed by atoms with Crippen molar-refractivity contribution in [2.75, 3.05) is 6.61 Å². The fourth-order valence-corrected chi connectivity index (χ4v) is 2.18. The van der Waals surface area contributed by atoms with Gasteiger partial charge >= 0.3 is 26.8 Å². The average Bonchev–Trinajstić information content (AvgIpc) is 2.61. The van der Waals surface area contributed by atoms with Gasteiger partial charge in [-0.1, -0.05) is 8.67 Å². The van der Waals surface area contributed by atoms with Crippen molar-refractivity contribution in [2.45, 2.75) is 12.2 Å². The van der Waals surface area contributed by atoms with E-state index >= 15 is 0 Å². The Bertz CT molecular complexity index is 642. The van der Waals surface area contributed by atoms with Gasteiger partial charge in [0.1, 0.15) is 6.10 Å². The van der Waals surface area contributed by atoms with Crippen LogP contribution in [-0.2, 0) is 43.2 Å². The lowest BCUT2D eigenvalue weighted by Crippen LogP contribution is -2.37. The molecule has 0 fully saturated rings. The summed E-state index contributed by atoms with van der Waals surface area (Å²) in [7, 11) is -10.5. The molecule has 2 atom stereocenters. The first-order chi connectivity index (χ1) is 9.47. The number of esters is 1. The van der Waals surface area contributed by atoms with Crippen molar-refractivity contribution in [1.82, 2.24) is 0 Å². The molecule has 15 heteroatoms. The van der Waals surface area contributed by atoms with Gasteiger partial charge in [0.2, 0.25) is 5.76 Å². The summed E-state index contributed by atoms with van der Waals surface area (Å²) in [6.45, 7) is -1.16. The van der Waals surface area contributed by atoms with E-state index in [1.807, 2.05) is 0 Å². The third-order valence-electron chi connectivity index (χ3n) is 1.90.